The summed E-state index contributed by atoms with van der Waals surface area (Å²) in [5.74, 6) is -1.09. The van der Waals surface area contributed by atoms with Crippen molar-refractivity contribution >= 4 is 27.7 Å². The quantitative estimate of drug-likeness (QED) is 0.425. The largest absolute Gasteiger partial charge is 0.478 e. The maximum atomic E-state index is 12.5. The maximum absolute atomic E-state index is 12.5. The molecule has 160 valence electrons. The van der Waals surface area contributed by atoms with E-state index >= 15 is 0 Å². The lowest BCUT2D eigenvalue weighted by Crippen LogP contribution is -2.28. The highest BCUT2D eigenvalue weighted by molar-refractivity contribution is 7.89. The lowest BCUT2D eigenvalue weighted by Gasteiger charge is -2.10. The SMILES string of the molecule is O=C(NCc1ccncc1)Nc1ccc(S(=O)(=O)NCc2cccc(C(=O)O)c2)cc1. The molecule has 1 aromatic heterocycles. The second-order valence-corrected chi connectivity index (χ2v) is 8.28. The van der Waals surface area contributed by atoms with E-state index in [0.717, 1.165) is 5.56 Å². The van der Waals surface area contributed by atoms with Gasteiger partial charge in [-0.25, -0.2) is 22.7 Å². The summed E-state index contributed by atoms with van der Waals surface area (Å²) in [5, 5.41) is 14.3. The average Bonchev–Trinajstić information content (AvgIpc) is 2.78. The van der Waals surface area contributed by atoms with Crippen LogP contribution in [0, 0.1) is 0 Å². The van der Waals surface area contributed by atoms with Gasteiger partial charge in [0, 0.05) is 31.2 Å². The molecule has 0 aliphatic rings. The van der Waals surface area contributed by atoms with E-state index in [1.54, 1.807) is 36.7 Å². The van der Waals surface area contributed by atoms with E-state index in [-0.39, 0.29) is 17.0 Å². The molecule has 0 saturated heterocycles. The highest BCUT2D eigenvalue weighted by Gasteiger charge is 2.14. The molecular formula is C21H20N4O5S. The molecule has 0 fully saturated rings. The topological polar surface area (TPSA) is 137 Å². The number of hydrogen-bond acceptors (Lipinski definition) is 5. The zero-order valence-electron chi connectivity index (χ0n) is 16.3. The number of benzene rings is 2. The number of pyridine rings is 1. The van der Waals surface area contributed by atoms with Gasteiger partial charge in [-0.15, -0.1) is 0 Å². The van der Waals surface area contributed by atoms with Crippen LogP contribution >= 0.6 is 0 Å². The van der Waals surface area contributed by atoms with Crippen molar-refractivity contribution in [1.29, 1.82) is 0 Å². The standard InChI is InChI=1S/C21H20N4O5S/c26-20(27)17-3-1-2-16(12-17)14-24-31(29,30)19-6-4-18(5-7-19)25-21(28)23-13-15-8-10-22-11-9-15/h1-12,24H,13-14H2,(H,26,27)(H2,23,25,28). The third kappa shape index (κ3) is 6.36. The van der Waals surface area contributed by atoms with Gasteiger partial charge >= 0.3 is 12.0 Å². The molecule has 31 heavy (non-hydrogen) atoms. The summed E-state index contributed by atoms with van der Waals surface area (Å²) in [6.45, 7) is 0.273. The Morgan fingerprint density at radius 2 is 1.61 bits per heavy atom. The van der Waals surface area contributed by atoms with Gasteiger partial charge in [-0.1, -0.05) is 12.1 Å². The van der Waals surface area contributed by atoms with Gasteiger partial charge in [-0.3, -0.25) is 4.98 Å². The Labute approximate surface area is 179 Å². The Balaban J connectivity index is 1.56. The Hall–Kier alpha value is -3.76. The fourth-order valence-corrected chi connectivity index (χ4v) is 3.67. The predicted molar refractivity (Wildman–Crippen MR) is 114 cm³/mol. The van der Waals surface area contributed by atoms with Crippen molar-refractivity contribution in [2.75, 3.05) is 5.32 Å². The molecule has 3 rings (SSSR count). The van der Waals surface area contributed by atoms with Crippen molar-refractivity contribution in [1.82, 2.24) is 15.0 Å². The molecule has 1 heterocycles. The van der Waals surface area contributed by atoms with Crippen LogP contribution in [-0.4, -0.2) is 30.5 Å². The number of carbonyl (C=O) groups excluding carboxylic acids is 1. The van der Waals surface area contributed by atoms with Gasteiger partial charge in [0.1, 0.15) is 0 Å². The van der Waals surface area contributed by atoms with E-state index in [4.69, 9.17) is 5.11 Å². The van der Waals surface area contributed by atoms with Crippen LogP contribution in [0.1, 0.15) is 21.5 Å². The summed E-state index contributed by atoms with van der Waals surface area (Å²) in [6.07, 6.45) is 3.26. The van der Waals surface area contributed by atoms with Crippen molar-refractivity contribution in [3.63, 3.8) is 0 Å². The smallest absolute Gasteiger partial charge is 0.335 e. The second kappa shape index (κ2) is 9.83. The van der Waals surface area contributed by atoms with Gasteiger partial charge in [0.05, 0.1) is 10.5 Å². The minimum atomic E-state index is -3.81. The molecule has 0 spiro atoms. The Morgan fingerprint density at radius 1 is 0.903 bits per heavy atom. The summed E-state index contributed by atoms with van der Waals surface area (Å²) in [4.78, 5) is 26.9. The Bertz CT molecular complexity index is 1170. The first kappa shape index (κ1) is 21.9. The highest BCUT2D eigenvalue weighted by atomic mass is 32.2. The van der Waals surface area contributed by atoms with Gasteiger partial charge in [0.2, 0.25) is 10.0 Å². The van der Waals surface area contributed by atoms with Crippen molar-refractivity contribution in [3.05, 3.63) is 89.7 Å². The number of anilines is 1. The minimum Gasteiger partial charge on any atom is -0.478 e. The number of carboxylic acid groups (broad SMARTS) is 1. The first-order chi connectivity index (χ1) is 14.8. The van der Waals surface area contributed by atoms with E-state index in [1.165, 1.54) is 36.4 Å². The van der Waals surface area contributed by atoms with E-state index < -0.39 is 22.0 Å². The number of aromatic nitrogens is 1. The van der Waals surface area contributed by atoms with Crippen molar-refractivity contribution < 1.29 is 23.1 Å². The molecule has 0 bridgehead atoms. The monoisotopic (exact) mass is 440 g/mol. The number of aromatic carboxylic acids is 1. The summed E-state index contributed by atoms with van der Waals surface area (Å²) in [7, 11) is -3.81. The van der Waals surface area contributed by atoms with Gasteiger partial charge in [-0.2, -0.15) is 0 Å². The van der Waals surface area contributed by atoms with Crippen LogP contribution in [0.4, 0.5) is 10.5 Å². The molecular weight excluding hydrogens is 420 g/mol. The van der Waals surface area contributed by atoms with Gasteiger partial charge in [-0.05, 0) is 59.7 Å². The molecule has 0 unspecified atom stereocenters. The van der Waals surface area contributed by atoms with Crippen molar-refractivity contribution in [3.8, 4) is 0 Å². The van der Waals surface area contributed by atoms with Crippen LogP contribution < -0.4 is 15.4 Å². The first-order valence-electron chi connectivity index (χ1n) is 9.19. The number of urea groups is 1. The number of carbonyl (C=O) groups is 2. The van der Waals surface area contributed by atoms with Crippen LogP contribution in [0.5, 0.6) is 0 Å². The third-order valence-electron chi connectivity index (χ3n) is 4.27. The second-order valence-electron chi connectivity index (χ2n) is 6.52. The molecule has 2 aromatic carbocycles. The summed E-state index contributed by atoms with van der Waals surface area (Å²) < 4.78 is 27.4. The van der Waals surface area contributed by atoms with Crippen LogP contribution in [0.25, 0.3) is 0 Å². The van der Waals surface area contributed by atoms with E-state index in [2.05, 4.69) is 20.3 Å². The van der Waals surface area contributed by atoms with Crippen LogP contribution in [-0.2, 0) is 23.1 Å². The van der Waals surface area contributed by atoms with Gasteiger partial charge < -0.3 is 15.7 Å². The third-order valence-corrected chi connectivity index (χ3v) is 5.68. The number of sulfonamides is 1. The normalized spacial score (nSPS) is 11.0. The fraction of sp³-hybridized carbons (Fsp3) is 0.0952. The molecule has 0 radical (unpaired) electrons. The molecule has 0 atom stereocenters. The lowest BCUT2D eigenvalue weighted by molar-refractivity contribution is 0.0696. The van der Waals surface area contributed by atoms with E-state index in [1.807, 2.05) is 0 Å². The fourth-order valence-electron chi connectivity index (χ4n) is 2.65. The summed E-state index contributed by atoms with van der Waals surface area (Å²) >= 11 is 0. The molecule has 0 aliphatic carbocycles. The number of rotatable bonds is 8. The van der Waals surface area contributed by atoms with Crippen molar-refractivity contribution in [2.24, 2.45) is 0 Å². The van der Waals surface area contributed by atoms with Gasteiger partial charge in [0.15, 0.2) is 0 Å². The highest BCUT2D eigenvalue weighted by Crippen LogP contribution is 2.15. The van der Waals surface area contributed by atoms with E-state index in [0.29, 0.717) is 17.8 Å². The molecule has 0 aliphatic heterocycles. The van der Waals surface area contributed by atoms with Crippen LogP contribution in [0.15, 0.2) is 78.0 Å². The van der Waals surface area contributed by atoms with Crippen LogP contribution in [0.3, 0.4) is 0 Å². The molecule has 3 aromatic rings. The number of nitrogens with one attached hydrogen (secondary N) is 3. The lowest BCUT2D eigenvalue weighted by atomic mass is 10.1. The predicted octanol–water partition coefficient (Wildman–Crippen LogP) is 2.58. The number of carboxylic acids is 1. The maximum Gasteiger partial charge on any atom is 0.335 e. The molecule has 0 saturated carbocycles. The van der Waals surface area contributed by atoms with Gasteiger partial charge in [0.25, 0.3) is 0 Å². The van der Waals surface area contributed by atoms with E-state index in [9.17, 15) is 18.0 Å². The zero-order valence-corrected chi connectivity index (χ0v) is 17.1. The molecule has 2 amide bonds. The number of nitrogens with zero attached hydrogens (tertiary/aromatic N) is 1. The van der Waals surface area contributed by atoms with Crippen molar-refractivity contribution in [2.45, 2.75) is 18.0 Å². The van der Waals surface area contributed by atoms with Crippen LogP contribution in [0.2, 0.25) is 0 Å². The molecule has 4 N–H and O–H groups in total. The number of hydrogen-bond donors (Lipinski definition) is 4. The Morgan fingerprint density at radius 3 is 2.29 bits per heavy atom. The minimum absolute atomic E-state index is 0.0182. The summed E-state index contributed by atoms with van der Waals surface area (Å²) in [6, 6.07) is 14.8. The molecule has 10 heteroatoms. The zero-order chi connectivity index (χ0) is 22.3. The first-order valence-corrected chi connectivity index (χ1v) is 10.7. The Kier molecular flexibility index (Phi) is 6.96. The molecule has 9 nitrogen and oxygen atoms in total. The number of amides is 2. The average molecular weight is 440 g/mol. The summed E-state index contributed by atoms with van der Waals surface area (Å²) in [5.41, 5.74) is 1.92.